The van der Waals surface area contributed by atoms with E-state index in [1.807, 2.05) is 0 Å². The third kappa shape index (κ3) is 2.94. The van der Waals surface area contributed by atoms with Gasteiger partial charge < -0.3 is 14.6 Å². The number of aliphatic hydroxyl groups excluding tert-OH is 1. The molecule has 1 fully saturated rings. The third-order valence-electron chi connectivity index (χ3n) is 3.71. The maximum atomic E-state index is 10.0. The molecule has 1 heterocycles. The van der Waals surface area contributed by atoms with Gasteiger partial charge in [-0.3, -0.25) is 4.90 Å². The summed E-state index contributed by atoms with van der Waals surface area (Å²) in [6, 6.07) is 0. The van der Waals surface area contributed by atoms with Crippen molar-refractivity contribution in [3.05, 3.63) is 0 Å². The highest BCUT2D eigenvalue weighted by molar-refractivity contribution is 4.90. The van der Waals surface area contributed by atoms with Crippen molar-refractivity contribution in [2.24, 2.45) is 5.92 Å². The van der Waals surface area contributed by atoms with Gasteiger partial charge in [-0.05, 0) is 5.92 Å². The minimum atomic E-state index is -0.437. The Morgan fingerprint density at radius 2 is 1.69 bits per heavy atom. The molecule has 0 radical (unpaired) electrons. The van der Waals surface area contributed by atoms with Gasteiger partial charge in [0.2, 0.25) is 0 Å². The third-order valence-corrected chi connectivity index (χ3v) is 3.71. The van der Waals surface area contributed by atoms with Gasteiger partial charge in [0.1, 0.15) is 0 Å². The Morgan fingerprint density at radius 3 is 2.06 bits per heavy atom. The fourth-order valence-electron chi connectivity index (χ4n) is 2.35. The van der Waals surface area contributed by atoms with E-state index < -0.39 is 5.79 Å². The van der Waals surface area contributed by atoms with Crippen LogP contribution in [-0.2, 0) is 9.47 Å². The Kier molecular flexibility index (Phi) is 5.18. The van der Waals surface area contributed by atoms with Crippen LogP contribution < -0.4 is 0 Å². The summed E-state index contributed by atoms with van der Waals surface area (Å²) >= 11 is 0. The van der Waals surface area contributed by atoms with Gasteiger partial charge in [0, 0.05) is 20.8 Å². The van der Waals surface area contributed by atoms with E-state index in [0.717, 1.165) is 32.5 Å². The normalized spacial score (nSPS) is 22.1. The largest absolute Gasteiger partial charge is 0.392 e. The number of methoxy groups -OCH3 is 2. The van der Waals surface area contributed by atoms with Crippen molar-refractivity contribution in [3.8, 4) is 0 Å². The van der Waals surface area contributed by atoms with E-state index in [1.165, 1.54) is 0 Å². The molecule has 0 amide bonds. The summed E-state index contributed by atoms with van der Waals surface area (Å²) in [5.74, 6) is -0.0340. The van der Waals surface area contributed by atoms with Crippen LogP contribution in [0.2, 0.25) is 0 Å². The monoisotopic (exact) mass is 231 g/mol. The number of nitrogens with zero attached hydrogens (tertiary/aromatic N) is 1. The number of aliphatic hydroxyl groups is 1. The van der Waals surface area contributed by atoms with Crippen LogP contribution in [0.5, 0.6) is 0 Å². The molecule has 96 valence electrons. The van der Waals surface area contributed by atoms with E-state index in [0.29, 0.717) is 5.92 Å². The van der Waals surface area contributed by atoms with Crippen LogP contribution in [0.3, 0.4) is 0 Å². The Bertz CT molecular complexity index is 194. The molecule has 0 aromatic heterocycles. The standard InChI is InChI=1S/C12H25NO3/c1-5-10(6-2)11(14)7-13-8-12(9-13,15-3)16-4/h10-11,14H,5-9H2,1-4H3. The molecule has 4 nitrogen and oxygen atoms in total. The lowest BCUT2D eigenvalue weighted by atomic mass is 9.95. The molecule has 16 heavy (non-hydrogen) atoms. The lowest BCUT2D eigenvalue weighted by molar-refractivity contribution is -0.278. The maximum absolute atomic E-state index is 10.0. The molecule has 0 spiro atoms. The fraction of sp³-hybridized carbons (Fsp3) is 1.00. The maximum Gasteiger partial charge on any atom is 0.193 e. The first-order chi connectivity index (χ1) is 7.60. The Morgan fingerprint density at radius 1 is 1.19 bits per heavy atom. The first-order valence-corrected chi connectivity index (χ1v) is 6.11. The van der Waals surface area contributed by atoms with Crippen LogP contribution in [0.4, 0.5) is 0 Å². The topological polar surface area (TPSA) is 41.9 Å². The van der Waals surface area contributed by atoms with Crippen LogP contribution in [-0.4, -0.2) is 55.8 Å². The lowest BCUT2D eigenvalue weighted by Crippen LogP contribution is -2.65. The number of likely N-dealkylation sites (tertiary alicyclic amines) is 1. The first-order valence-electron chi connectivity index (χ1n) is 6.11. The molecule has 4 heteroatoms. The zero-order valence-corrected chi connectivity index (χ0v) is 10.9. The smallest absolute Gasteiger partial charge is 0.193 e. The molecule has 1 atom stereocenters. The van der Waals surface area contributed by atoms with Crippen molar-refractivity contribution < 1.29 is 14.6 Å². The van der Waals surface area contributed by atoms with Gasteiger partial charge in [0.05, 0.1) is 19.2 Å². The van der Waals surface area contributed by atoms with E-state index >= 15 is 0 Å². The predicted molar refractivity (Wildman–Crippen MR) is 63.3 cm³/mol. The van der Waals surface area contributed by atoms with Gasteiger partial charge in [-0.2, -0.15) is 0 Å². The molecule has 1 N–H and O–H groups in total. The van der Waals surface area contributed by atoms with E-state index in [-0.39, 0.29) is 6.10 Å². The predicted octanol–water partition coefficient (Wildman–Crippen LogP) is 1.09. The number of hydrogen-bond donors (Lipinski definition) is 1. The second-order valence-electron chi connectivity index (χ2n) is 4.63. The summed E-state index contributed by atoms with van der Waals surface area (Å²) in [6.45, 7) is 6.47. The van der Waals surface area contributed by atoms with Gasteiger partial charge in [-0.25, -0.2) is 0 Å². The average Bonchev–Trinajstić information content (AvgIpc) is 2.24. The summed E-state index contributed by atoms with van der Waals surface area (Å²) in [5, 5.41) is 10.0. The summed E-state index contributed by atoms with van der Waals surface area (Å²) in [7, 11) is 3.33. The molecule has 1 aliphatic rings. The first kappa shape index (κ1) is 13.9. The molecule has 1 unspecified atom stereocenters. The van der Waals surface area contributed by atoms with Crippen molar-refractivity contribution in [2.75, 3.05) is 33.9 Å². The van der Waals surface area contributed by atoms with Gasteiger partial charge >= 0.3 is 0 Å². The van der Waals surface area contributed by atoms with Gasteiger partial charge in [0.25, 0.3) is 0 Å². The molecule has 1 rings (SSSR count). The van der Waals surface area contributed by atoms with E-state index in [1.54, 1.807) is 14.2 Å². The second kappa shape index (κ2) is 5.96. The van der Waals surface area contributed by atoms with Crippen molar-refractivity contribution in [1.82, 2.24) is 4.90 Å². The molecule has 0 aliphatic carbocycles. The molecular weight excluding hydrogens is 206 g/mol. The number of ether oxygens (including phenoxy) is 2. The summed E-state index contributed by atoms with van der Waals surface area (Å²) in [5.41, 5.74) is 0. The van der Waals surface area contributed by atoms with Gasteiger partial charge in [-0.15, -0.1) is 0 Å². The molecule has 0 aromatic carbocycles. The minimum Gasteiger partial charge on any atom is -0.392 e. The number of hydrogen-bond acceptors (Lipinski definition) is 4. The summed E-state index contributed by atoms with van der Waals surface area (Å²) < 4.78 is 10.6. The zero-order valence-electron chi connectivity index (χ0n) is 10.9. The Hall–Kier alpha value is -0.160. The van der Waals surface area contributed by atoms with Crippen LogP contribution in [0.15, 0.2) is 0 Å². The average molecular weight is 231 g/mol. The van der Waals surface area contributed by atoms with E-state index in [4.69, 9.17) is 9.47 Å². The zero-order chi connectivity index (χ0) is 12.2. The number of β-amino-alcohol motifs (C(OH)–C–C–N with tert-alkyl or cyclic N) is 1. The SMILES string of the molecule is CCC(CC)C(O)CN1CC(OC)(OC)C1. The number of rotatable bonds is 7. The molecule has 0 saturated carbocycles. The van der Waals surface area contributed by atoms with Crippen molar-refractivity contribution in [3.63, 3.8) is 0 Å². The van der Waals surface area contributed by atoms with Crippen LogP contribution in [0, 0.1) is 5.92 Å². The minimum absolute atomic E-state index is 0.235. The summed E-state index contributed by atoms with van der Waals surface area (Å²) in [6.07, 6.45) is 1.83. The van der Waals surface area contributed by atoms with Crippen molar-refractivity contribution >= 4 is 0 Å². The van der Waals surface area contributed by atoms with Crippen LogP contribution in [0.25, 0.3) is 0 Å². The highest BCUT2D eigenvalue weighted by Gasteiger charge is 2.44. The van der Waals surface area contributed by atoms with Crippen molar-refractivity contribution in [2.45, 2.75) is 38.6 Å². The quantitative estimate of drug-likeness (QED) is 0.666. The molecular formula is C12H25NO3. The Labute approximate surface area is 98.5 Å². The molecule has 1 saturated heterocycles. The van der Waals surface area contributed by atoms with Crippen molar-refractivity contribution in [1.29, 1.82) is 0 Å². The molecule has 0 aromatic rings. The molecule has 1 aliphatic heterocycles. The van der Waals surface area contributed by atoms with E-state index in [2.05, 4.69) is 18.7 Å². The van der Waals surface area contributed by atoms with Crippen LogP contribution >= 0.6 is 0 Å². The molecule has 0 bridgehead atoms. The highest BCUT2D eigenvalue weighted by Crippen LogP contribution is 2.26. The van der Waals surface area contributed by atoms with Gasteiger partial charge in [-0.1, -0.05) is 26.7 Å². The van der Waals surface area contributed by atoms with E-state index in [9.17, 15) is 5.11 Å². The highest BCUT2D eigenvalue weighted by atomic mass is 16.7. The Balaban J connectivity index is 2.31. The lowest BCUT2D eigenvalue weighted by Gasteiger charge is -2.48. The van der Waals surface area contributed by atoms with Crippen LogP contribution in [0.1, 0.15) is 26.7 Å². The van der Waals surface area contributed by atoms with Gasteiger partial charge in [0.15, 0.2) is 5.79 Å². The second-order valence-corrected chi connectivity index (χ2v) is 4.63. The fourth-order valence-corrected chi connectivity index (χ4v) is 2.35. The summed E-state index contributed by atoms with van der Waals surface area (Å²) in [4.78, 5) is 2.18.